The summed E-state index contributed by atoms with van der Waals surface area (Å²) < 4.78 is 0. The molecular weight excluding hydrogens is 252 g/mol. The largest absolute Gasteiger partial charge is 0.342 e. The van der Waals surface area contributed by atoms with Crippen LogP contribution in [0.15, 0.2) is 0 Å². The summed E-state index contributed by atoms with van der Waals surface area (Å²) in [7, 11) is 0. The molecule has 1 atom stereocenters. The first kappa shape index (κ1) is 15.3. The molecule has 0 radical (unpaired) electrons. The van der Waals surface area contributed by atoms with Gasteiger partial charge in [-0.2, -0.15) is 0 Å². The number of nitrogens with zero attached hydrogens (tertiary/aromatic N) is 1. The minimum absolute atomic E-state index is 0.0254. The Kier molecular flexibility index (Phi) is 3.87. The molecule has 0 spiro atoms. The van der Waals surface area contributed by atoms with E-state index in [4.69, 9.17) is 0 Å². The zero-order chi connectivity index (χ0) is 15.1. The summed E-state index contributed by atoms with van der Waals surface area (Å²) in [6.45, 7) is 9.76. The van der Waals surface area contributed by atoms with E-state index in [1.54, 1.807) is 0 Å². The molecule has 0 aromatic carbocycles. The molecule has 0 bridgehead atoms. The first-order valence-electron chi connectivity index (χ1n) is 7.80. The highest BCUT2D eigenvalue weighted by atomic mass is 16.2. The molecule has 114 valence electrons. The van der Waals surface area contributed by atoms with Crippen LogP contribution in [0.3, 0.4) is 0 Å². The molecule has 2 rings (SSSR count). The van der Waals surface area contributed by atoms with Gasteiger partial charge >= 0.3 is 0 Å². The molecule has 1 N–H and O–H groups in total. The van der Waals surface area contributed by atoms with E-state index in [-0.39, 0.29) is 23.3 Å². The van der Waals surface area contributed by atoms with Gasteiger partial charge in [0.15, 0.2) is 0 Å². The van der Waals surface area contributed by atoms with Crippen LogP contribution in [-0.4, -0.2) is 34.3 Å². The Morgan fingerprint density at radius 2 is 1.65 bits per heavy atom. The fourth-order valence-electron chi connectivity index (χ4n) is 3.46. The van der Waals surface area contributed by atoms with E-state index in [9.17, 15) is 9.59 Å². The van der Waals surface area contributed by atoms with Crippen LogP contribution < -0.4 is 5.32 Å². The van der Waals surface area contributed by atoms with E-state index in [0.29, 0.717) is 0 Å². The van der Waals surface area contributed by atoms with Crippen LogP contribution in [0.1, 0.15) is 66.7 Å². The summed E-state index contributed by atoms with van der Waals surface area (Å²) in [5, 5.41) is 2.94. The van der Waals surface area contributed by atoms with Crippen molar-refractivity contribution in [3.8, 4) is 0 Å². The highest BCUT2D eigenvalue weighted by molar-refractivity contribution is 5.99. The van der Waals surface area contributed by atoms with Gasteiger partial charge in [-0.15, -0.1) is 0 Å². The van der Waals surface area contributed by atoms with E-state index in [2.05, 4.69) is 5.32 Å². The summed E-state index contributed by atoms with van der Waals surface area (Å²) in [6.07, 6.45) is 5.62. The van der Waals surface area contributed by atoms with Crippen molar-refractivity contribution in [3.63, 3.8) is 0 Å². The molecule has 1 aliphatic heterocycles. The van der Waals surface area contributed by atoms with Crippen LogP contribution in [0, 0.1) is 5.41 Å². The zero-order valence-corrected chi connectivity index (χ0v) is 13.5. The SMILES string of the molecule is CC(C)(C)C1NC(=O)C(C)(C)N(C2CCCCC2)C1=O. The van der Waals surface area contributed by atoms with Gasteiger partial charge in [0.2, 0.25) is 11.8 Å². The molecule has 2 aliphatic rings. The summed E-state index contributed by atoms with van der Waals surface area (Å²) in [5.41, 5.74) is -0.989. The Hall–Kier alpha value is -1.06. The molecule has 4 heteroatoms. The van der Waals surface area contributed by atoms with Crippen molar-refractivity contribution in [1.29, 1.82) is 0 Å². The molecule has 1 saturated carbocycles. The molecular formula is C16H28N2O2. The number of carbonyl (C=O) groups is 2. The van der Waals surface area contributed by atoms with Crippen LogP contribution >= 0.6 is 0 Å². The lowest BCUT2D eigenvalue weighted by Gasteiger charge is -2.51. The van der Waals surface area contributed by atoms with Gasteiger partial charge in [0, 0.05) is 6.04 Å². The van der Waals surface area contributed by atoms with Gasteiger partial charge in [-0.1, -0.05) is 40.0 Å². The number of piperazine rings is 1. The predicted molar refractivity (Wildman–Crippen MR) is 79.2 cm³/mol. The van der Waals surface area contributed by atoms with Crippen molar-refractivity contribution in [2.75, 3.05) is 0 Å². The number of carbonyl (C=O) groups excluding carboxylic acids is 2. The normalized spacial score (nSPS) is 28.4. The lowest BCUT2D eigenvalue weighted by molar-refractivity contribution is -0.162. The average molecular weight is 280 g/mol. The van der Waals surface area contributed by atoms with Crippen molar-refractivity contribution >= 4 is 11.8 Å². The third-order valence-electron chi connectivity index (χ3n) is 4.72. The minimum Gasteiger partial charge on any atom is -0.342 e. The smallest absolute Gasteiger partial charge is 0.246 e. The number of nitrogens with one attached hydrogen (secondary N) is 1. The van der Waals surface area contributed by atoms with E-state index >= 15 is 0 Å². The van der Waals surface area contributed by atoms with Crippen molar-refractivity contribution in [2.24, 2.45) is 5.41 Å². The first-order chi connectivity index (χ1) is 9.15. The minimum atomic E-state index is -0.735. The Morgan fingerprint density at radius 1 is 1.10 bits per heavy atom. The number of hydrogen-bond acceptors (Lipinski definition) is 2. The maximum atomic E-state index is 12.9. The monoisotopic (exact) mass is 280 g/mol. The lowest BCUT2D eigenvalue weighted by atomic mass is 9.80. The summed E-state index contributed by atoms with van der Waals surface area (Å²) in [5.74, 6) is 0.0663. The number of rotatable bonds is 1. The second-order valence-electron chi connectivity index (χ2n) is 7.83. The summed E-state index contributed by atoms with van der Waals surface area (Å²) in [6, 6.07) is -0.188. The van der Waals surface area contributed by atoms with Gasteiger partial charge in [0.1, 0.15) is 11.6 Å². The van der Waals surface area contributed by atoms with Crippen molar-refractivity contribution < 1.29 is 9.59 Å². The molecule has 2 amide bonds. The quantitative estimate of drug-likeness (QED) is 0.802. The maximum absolute atomic E-state index is 12.9. The maximum Gasteiger partial charge on any atom is 0.246 e. The molecule has 20 heavy (non-hydrogen) atoms. The van der Waals surface area contributed by atoms with Gasteiger partial charge in [-0.3, -0.25) is 9.59 Å². The fourth-order valence-corrected chi connectivity index (χ4v) is 3.46. The van der Waals surface area contributed by atoms with Crippen LogP contribution in [-0.2, 0) is 9.59 Å². The van der Waals surface area contributed by atoms with E-state index in [1.165, 1.54) is 6.42 Å². The molecule has 1 saturated heterocycles. The van der Waals surface area contributed by atoms with Crippen molar-refractivity contribution in [2.45, 2.75) is 84.3 Å². The average Bonchev–Trinajstić information content (AvgIpc) is 2.33. The zero-order valence-electron chi connectivity index (χ0n) is 13.5. The number of hydrogen-bond donors (Lipinski definition) is 1. The van der Waals surface area contributed by atoms with E-state index < -0.39 is 11.6 Å². The van der Waals surface area contributed by atoms with Crippen LogP contribution in [0.2, 0.25) is 0 Å². The Labute approximate surface area is 122 Å². The van der Waals surface area contributed by atoms with Crippen LogP contribution in [0.4, 0.5) is 0 Å². The predicted octanol–water partition coefficient (Wildman–Crippen LogP) is 2.47. The summed E-state index contributed by atoms with van der Waals surface area (Å²) >= 11 is 0. The molecule has 1 aliphatic carbocycles. The molecule has 2 fully saturated rings. The van der Waals surface area contributed by atoms with Gasteiger partial charge < -0.3 is 10.2 Å². The Balaban J connectivity index is 2.33. The summed E-state index contributed by atoms with van der Waals surface area (Å²) in [4.78, 5) is 27.3. The highest BCUT2D eigenvalue weighted by Crippen LogP contribution is 2.34. The Morgan fingerprint density at radius 3 is 2.15 bits per heavy atom. The highest BCUT2D eigenvalue weighted by Gasteiger charge is 2.51. The molecule has 0 aromatic heterocycles. The third-order valence-corrected chi connectivity index (χ3v) is 4.72. The lowest BCUT2D eigenvalue weighted by Crippen LogP contribution is -2.72. The topological polar surface area (TPSA) is 49.4 Å². The van der Waals surface area contributed by atoms with E-state index in [1.807, 2.05) is 39.5 Å². The Bertz CT molecular complexity index is 403. The van der Waals surface area contributed by atoms with Gasteiger partial charge in [-0.25, -0.2) is 0 Å². The van der Waals surface area contributed by atoms with Crippen LogP contribution in [0.5, 0.6) is 0 Å². The third kappa shape index (κ3) is 2.57. The van der Waals surface area contributed by atoms with Crippen LogP contribution in [0.25, 0.3) is 0 Å². The van der Waals surface area contributed by atoms with Crippen molar-refractivity contribution in [3.05, 3.63) is 0 Å². The van der Waals surface area contributed by atoms with Gasteiger partial charge in [0.05, 0.1) is 0 Å². The second-order valence-corrected chi connectivity index (χ2v) is 7.83. The first-order valence-corrected chi connectivity index (χ1v) is 7.80. The molecule has 1 heterocycles. The van der Waals surface area contributed by atoms with Gasteiger partial charge in [0.25, 0.3) is 0 Å². The molecule has 0 aromatic rings. The van der Waals surface area contributed by atoms with E-state index in [0.717, 1.165) is 25.7 Å². The standard InChI is InChI=1S/C16H28N2O2/c1-15(2,3)12-13(19)18(11-9-7-6-8-10-11)16(4,5)14(20)17-12/h11-12H,6-10H2,1-5H3,(H,17,20). The van der Waals surface area contributed by atoms with Gasteiger partial charge in [-0.05, 0) is 32.1 Å². The molecule has 4 nitrogen and oxygen atoms in total. The number of amides is 2. The fraction of sp³-hybridized carbons (Fsp3) is 0.875. The van der Waals surface area contributed by atoms with Crippen molar-refractivity contribution in [1.82, 2.24) is 10.2 Å². The second kappa shape index (κ2) is 5.05. The molecule has 1 unspecified atom stereocenters.